The number of piperazine rings is 1. The summed E-state index contributed by atoms with van der Waals surface area (Å²) in [6.07, 6.45) is 0.919. The van der Waals surface area contributed by atoms with E-state index < -0.39 is 34.6 Å². The Labute approximate surface area is 282 Å². The van der Waals surface area contributed by atoms with Crippen LogP contribution in [-0.2, 0) is 15.8 Å². The first-order valence-electron chi connectivity index (χ1n) is 15.8. The first kappa shape index (κ1) is 41.4. The zero-order valence-corrected chi connectivity index (χ0v) is 29.0. The van der Waals surface area contributed by atoms with Crippen LogP contribution in [-0.4, -0.2) is 74.6 Å². The second-order valence-electron chi connectivity index (χ2n) is 11.2. The lowest BCUT2D eigenvalue weighted by Gasteiger charge is -2.38. The van der Waals surface area contributed by atoms with Gasteiger partial charge in [-0.1, -0.05) is 45.0 Å². The number of nitriles is 1. The number of halogens is 4. The van der Waals surface area contributed by atoms with Crippen LogP contribution in [0, 0.1) is 24.1 Å². The van der Waals surface area contributed by atoms with E-state index in [-0.39, 0.29) is 5.69 Å². The average molecular weight is 681 g/mol. The van der Waals surface area contributed by atoms with Crippen LogP contribution < -0.4 is 20.4 Å². The van der Waals surface area contributed by atoms with E-state index in [9.17, 15) is 27.2 Å². The highest BCUT2D eigenvalue weighted by Gasteiger charge is 2.38. The first-order valence-corrected chi connectivity index (χ1v) is 16.3. The predicted molar refractivity (Wildman–Crippen MR) is 184 cm³/mol. The number of carbonyl (C=O) groups excluding carboxylic acids is 2. The molecular formula is C34H48F4N6O2S. The normalized spacial score (nSPS) is 13.1. The van der Waals surface area contributed by atoms with Crippen LogP contribution >= 0.6 is 12.2 Å². The predicted octanol–water partition coefficient (Wildman–Crippen LogP) is 6.45. The molecule has 2 N–H and O–H groups in total. The highest BCUT2D eigenvalue weighted by molar-refractivity contribution is 7.79. The molecule has 1 heterocycles. The van der Waals surface area contributed by atoms with E-state index in [0.717, 1.165) is 48.9 Å². The van der Waals surface area contributed by atoms with Crippen molar-refractivity contribution in [2.75, 3.05) is 56.1 Å². The molecule has 2 aromatic carbocycles. The Kier molecular flexibility index (Phi) is 18.2. The van der Waals surface area contributed by atoms with Crippen molar-refractivity contribution in [3.8, 4) is 6.07 Å². The molecule has 260 valence electrons. The van der Waals surface area contributed by atoms with Crippen molar-refractivity contribution in [1.29, 1.82) is 5.26 Å². The van der Waals surface area contributed by atoms with Crippen LogP contribution in [0.3, 0.4) is 0 Å². The zero-order valence-electron chi connectivity index (χ0n) is 28.2. The summed E-state index contributed by atoms with van der Waals surface area (Å²) < 4.78 is 53.9. The van der Waals surface area contributed by atoms with Crippen molar-refractivity contribution in [3.63, 3.8) is 0 Å². The minimum atomic E-state index is -4.77. The Bertz CT molecular complexity index is 1330. The molecule has 8 nitrogen and oxygen atoms in total. The molecule has 0 bridgehead atoms. The van der Waals surface area contributed by atoms with Gasteiger partial charge in [-0.05, 0) is 76.1 Å². The zero-order chi connectivity index (χ0) is 35.6. The Morgan fingerprint density at radius 1 is 1.06 bits per heavy atom. The van der Waals surface area contributed by atoms with Crippen LogP contribution in [0.4, 0.5) is 28.9 Å². The van der Waals surface area contributed by atoms with Gasteiger partial charge in [0.15, 0.2) is 0 Å². The topological polar surface area (TPSA) is 91.7 Å². The number of thiocarbonyl (C=S) groups is 1. The second kappa shape index (κ2) is 20.6. The molecule has 1 saturated heterocycles. The van der Waals surface area contributed by atoms with Crippen LogP contribution in [0.1, 0.15) is 70.1 Å². The van der Waals surface area contributed by atoms with Crippen LogP contribution in [0.15, 0.2) is 36.4 Å². The van der Waals surface area contributed by atoms with Gasteiger partial charge in [-0.25, -0.2) is 4.39 Å². The Morgan fingerprint density at radius 3 is 2.23 bits per heavy atom. The lowest BCUT2D eigenvalue weighted by Crippen LogP contribution is -2.55. The molecule has 0 saturated carbocycles. The van der Waals surface area contributed by atoms with Gasteiger partial charge in [0.05, 0.1) is 22.7 Å². The largest absolute Gasteiger partial charge is 0.417 e. The SMILES string of the molecule is CC.Cc1ccc(N(C)C(C)(C)C(=O)N(C=S)c2ccc(C#N)c(C(F)(F)F)c2)cc1F.O=CNCCCCCCN1CCNCC1. The van der Waals surface area contributed by atoms with Crippen LogP contribution in [0.25, 0.3) is 0 Å². The molecule has 0 spiro atoms. The molecule has 0 atom stereocenters. The Balaban J connectivity index is 0.000000544. The molecule has 0 aromatic heterocycles. The highest BCUT2D eigenvalue weighted by atomic mass is 32.1. The number of unbranched alkanes of at least 4 members (excludes halogenated alkanes) is 3. The summed E-state index contributed by atoms with van der Waals surface area (Å²) in [5, 5.41) is 15.0. The summed E-state index contributed by atoms with van der Waals surface area (Å²) in [6.45, 7) is 15.5. The maximum absolute atomic E-state index is 14.0. The first-order chi connectivity index (χ1) is 22.3. The molecule has 0 unspecified atom stereocenters. The fourth-order valence-electron chi connectivity index (χ4n) is 4.70. The minimum Gasteiger partial charge on any atom is -0.361 e. The standard InChI is InChI=1S/C21H19F4N3OS.C11H23N3O.C2H6/c1-13-5-7-15(10-18(13)22)27(4)20(2,3)19(29)28(12-30)16-8-6-14(11-26)17(9-16)21(23,24)25;15-11-13-5-3-1-2-4-8-14-9-6-12-7-10-14;1-2/h5-10,12H,1-4H3;11-12H,1-10H2,(H,13,15);1-2H3. The van der Waals surface area contributed by atoms with Gasteiger partial charge in [0, 0.05) is 51.1 Å². The number of carbonyl (C=O) groups is 2. The molecule has 1 aliphatic heterocycles. The highest BCUT2D eigenvalue weighted by Crippen LogP contribution is 2.35. The number of nitrogens with zero attached hydrogens (tertiary/aromatic N) is 4. The average Bonchev–Trinajstić information content (AvgIpc) is 3.06. The van der Waals surface area contributed by atoms with Crippen LogP contribution in [0.2, 0.25) is 0 Å². The van der Waals surface area contributed by atoms with Crippen molar-refractivity contribution in [1.82, 2.24) is 15.5 Å². The quantitative estimate of drug-likeness (QED) is 0.109. The summed E-state index contributed by atoms with van der Waals surface area (Å²) in [7, 11) is 1.57. The number of hydrogen-bond acceptors (Lipinski definition) is 7. The monoisotopic (exact) mass is 680 g/mol. The Hall–Kier alpha value is -3.60. The van der Waals surface area contributed by atoms with E-state index in [1.165, 1.54) is 62.0 Å². The van der Waals surface area contributed by atoms with E-state index in [1.54, 1.807) is 40.0 Å². The summed E-state index contributed by atoms with van der Waals surface area (Å²) in [4.78, 5) is 28.2. The lowest BCUT2D eigenvalue weighted by atomic mass is 9.99. The number of benzene rings is 2. The van der Waals surface area contributed by atoms with Gasteiger partial charge >= 0.3 is 6.18 Å². The van der Waals surface area contributed by atoms with Gasteiger partial charge in [-0.3, -0.25) is 14.5 Å². The number of alkyl halides is 3. The summed E-state index contributed by atoms with van der Waals surface area (Å²) in [5.41, 5.74) is -1.35. The number of rotatable bonds is 13. The number of anilines is 2. The molecule has 0 aliphatic carbocycles. The van der Waals surface area contributed by atoms with Gasteiger partial charge in [0.1, 0.15) is 11.4 Å². The van der Waals surface area contributed by atoms with Crippen molar-refractivity contribution >= 4 is 41.4 Å². The molecule has 2 amide bonds. The van der Waals surface area contributed by atoms with E-state index in [1.807, 2.05) is 13.8 Å². The maximum Gasteiger partial charge on any atom is 0.417 e. The number of nitrogens with one attached hydrogen (secondary N) is 2. The molecule has 1 aliphatic rings. The Morgan fingerprint density at radius 2 is 1.68 bits per heavy atom. The molecule has 1 fully saturated rings. The van der Waals surface area contributed by atoms with Crippen molar-refractivity contribution < 1.29 is 27.2 Å². The smallest absolute Gasteiger partial charge is 0.361 e. The summed E-state index contributed by atoms with van der Waals surface area (Å²) in [6, 6.07) is 8.88. The third-order valence-electron chi connectivity index (χ3n) is 7.77. The molecule has 0 radical (unpaired) electrons. The fraction of sp³-hybridized carbons (Fsp3) is 0.529. The van der Waals surface area contributed by atoms with E-state index >= 15 is 0 Å². The van der Waals surface area contributed by atoms with Crippen LogP contribution in [0.5, 0.6) is 0 Å². The third-order valence-corrected chi connectivity index (χ3v) is 7.99. The minimum absolute atomic E-state index is 0.127. The number of likely N-dealkylation sites (N-methyl/N-ethyl adjacent to an activating group) is 1. The van der Waals surface area contributed by atoms with Crippen molar-refractivity contribution in [3.05, 3.63) is 58.9 Å². The van der Waals surface area contributed by atoms with Gasteiger partial charge < -0.3 is 20.4 Å². The molecule has 2 aromatic rings. The second-order valence-corrected chi connectivity index (χ2v) is 11.5. The van der Waals surface area contributed by atoms with Gasteiger partial charge in [0.25, 0.3) is 5.91 Å². The molecule has 3 rings (SSSR count). The molecule has 13 heteroatoms. The third kappa shape index (κ3) is 12.8. The lowest BCUT2D eigenvalue weighted by molar-refractivity contribution is -0.137. The summed E-state index contributed by atoms with van der Waals surface area (Å²) >= 11 is 4.89. The number of hydrogen-bond donors (Lipinski definition) is 2. The van der Waals surface area contributed by atoms with Crippen molar-refractivity contribution in [2.24, 2.45) is 0 Å². The molecular weight excluding hydrogens is 632 g/mol. The van der Waals surface area contributed by atoms with Gasteiger partial charge in [-0.15, -0.1) is 0 Å². The van der Waals surface area contributed by atoms with E-state index in [0.29, 0.717) is 17.3 Å². The molecule has 47 heavy (non-hydrogen) atoms. The van der Waals surface area contributed by atoms with Crippen molar-refractivity contribution in [2.45, 2.75) is 72.0 Å². The van der Waals surface area contributed by atoms with E-state index in [4.69, 9.17) is 17.5 Å². The summed E-state index contributed by atoms with van der Waals surface area (Å²) in [5.74, 6) is -1.07. The van der Waals surface area contributed by atoms with E-state index in [2.05, 4.69) is 15.5 Å². The van der Waals surface area contributed by atoms with Gasteiger partial charge in [0.2, 0.25) is 6.41 Å². The fourth-order valence-corrected chi connectivity index (χ4v) is 4.92. The maximum atomic E-state index is 14.0. The number of amides is 2. The van der Waals surface area contributed by atoms with Gasteiger partial charge in [-0.2, -0.15) is 18.4 Å². The number of aryl methyl sites for hydroxylation is 1.